The highest BCUT2D eigenvalue weighted by molar-refractivity contribution is 9.10. The summed E-state index contributed by atoms with van der Waals surface area (Å²) in [6, 6.07) is 15.5. The van der Waals surface area contributed by atoms with Gasteiger partial charge in [0.15, 0.2) is 0 Å². The van der Waals surface area contributed by atoms with Gasteiger partial charge in [-0.3, -0.25) is 0 Å². The topological polar surface area (TPSA) is 41.5 Å². The van der Waals surface area contributed by atoms with Gasteiger partial charge in [0.2, 0.25) is 0 Å². The van der Waals surface area contributed by atoms with Crippen molar-refractivity contribution in [3.63, 3.8) is 0 Å². The zero-order chi connectivity index (χ0) is 14.4. The molecule has 0 saturated carbocycles. The van der Waals surface area contributed by atoms with Crippen LogP contribution in [0.15, 0.2) is 53.0 Å². The minimum Gasteiger partial charge on any atom is -0.496 e. The Hall–Kier alpha value is -1.07. The van der Waals surface area contributed by atoms with Gasteiger partial charge in [-0.25, -0.2) is 0 Å². The first-order chi connectivity index (χ1) is 9.70. The smallest absolute Gasteiger partial charge is 0.123 e. The number of aliphatic hydroxyl groups is 1. The fraction of sp³-hybridized carbons (Fsp3) is 0.250. The van der Waals surface area contributed by atoms with Crippen molar-refractivity contribution in [1.82, 2.24) is 5.32 Å². The van der Waals surface area contributed by atoms with Crippen LogP contribution in [0.5, 0.6) is 5.75 Å². The molecule has 0 amide bonds. The first-order valence-corrected chi connectivity index (χ1v) is 7.26. The van der Waals surface area contributed by atoms with E-state index in [9.17, 15) is 5.11 Å². The van der Waals surface area contributed by atoms with Crippen LogP contribution in [0.2, 0.25) is 0 Å². The van der Waals surface area contributed by atoms with Crippen molar-refractivity contribution in [2.75, 3.05) is 13.7 Å². The van der Waals surface area contributed by atoms with Gasteiger partial charge in [-0.15, -0.1) is 12.4 Å². The molecule has 1 atom stereocenters. The van der Waals surface area contributed by atoms with E-state index < -0.39 is 6.10 Å². The van der Waals surface area contributed by atoms with Gasteiger partial charge in [0, 0.05) is 23.1 Å². The van der Waals surface area contributed by atoms with Gasteiger partial charge >= 0.3 is 0 Å². The Balaban J connectivity index is 0.00000220. The molecule has 2 aromatic rings. The second-order valence-electron chi connectivity index (χ2n) is 4.51. The summed E-state index contributed by atoms with van der Waals surface area (Å²) in [5.41, 5.74) is 1.98. The van der Waals surface area contributed by atoms with Crippen LogP contribution in [0, 0.1) is 0 Å². The van der Waals surface area contributed by atoms with E-state index in [0.717, 1.165) is 21.3 Å². The lowest BCUT2D eigenvalue weighted by atomic mass is 10.1. The normalized spacial score (nSPS) is 11.6. The average molecular weight is 373 g/mol. The van der Waals surface area contributed by atoms with Crippen molar-refractivity contribution in [3.8, 4) is 5.75 Å². The number of halogens is 2. The molecule has 21 heavy (non-hydrogen) atoms. The maximum absolute atomic E-state index is 10.1. The largest absolute Gasteiger partial charge is 0.496 e. The maximum Gasteiger partial charge on any atom is 0.123 e. The first kappa shape index (κ1) is 18.0. The van der Waals surface area contributed by atoms with E-state index in [0.29, 0.717) is 13.1 Å². The van der Waals surface area contributed by atoms with E-state index >= 15 is 0 Å². The molecule has 0 aliphatic heterocycles. The molecule has 114 valence electrons. The van der Waals surface area contributed by atoms with Gasteiger partial charge in [-0.05, 0) is 23.8 Å². The highest BCUT2D eigenvalue weighted by Gasteiger charge is 2.08. The molecule has 2 rings (SSSR count). The minimum absolute atomic E-state index is 0. The molecule has 0 aliphatic carbocycles. The van der Waals surface area contributed by atoms with Crippen LogP contribution in [0.25, 0.3) is 0 Å². The number of aliphatic hydroxyl groups excluding tert-OH is 1. The number of rotatable bonds is 6. The minimum atomic E-state index is -0.505. The Morgan fingerprint density at radius 3 is 2.57 bits per heavy atom. The van der Waals surface area contributed by atoms with Gasteiger partial charge in [0.1, 0.15) is 5.75 Å². The highest BCUT2D eigenvalue weighted by atomic mass is 79.9. The summed E-state index contributed by atoms with van der Waals surface area (Å²) in [6.45, 7) is 1.15. The monoisotopic (exact) mass is 371 g/mol. The summed E-state index contributed by atoms with van der Waals surface area (Å²) < 4.78 is 6.33. The van der Waals surface area contributed by atoms with Crippen molar-refractivity contribution < 1.29 is 9.84 Å². The Morgan fingerprint density at radius 1 is 1.19 bits per heavy atom. The number of methoxy groups -OCH3 is 1. The first-order valence-electron chi connectivity index (χ1n) is 6.47. The average Bonchev–Trinajstić information content (AvgIpc) is 2.48. The second-order valence-corrected chi connectivity index (χ2v) is 5.43. The lowest BCUT2D eigenvalue weighted by molar-refractivity contribution is 0.174. The lowest BCUT2D eigenvalue weighted by Crippen LogP contribution is -2.21. The van der Waals surface area contributed by atoms with Crippen LogP contribution in [0.1, 0.15) is 17.2 Å². The van der Waals surface area contributed by atoms with Crippen LogP contribution in [-0.4, -0.2) is 18.8 Å². The molecular weight excluding hydrogens is 354 g/mol. The molecular formula is C16H19BrClNO2. The molecule has 1 unspecified atom stereocenters. The third-order valence-corrected chi connectivity index (χ3v) is 3.57. The van der Waals surface area contributed by atoms with Gasteiger partial charge in [0.05, 0.1) is 13.2 Å². The van der Waals surface area contributed by atoms with E-state index in [-0.39, 0.29) is 12.4 Å². The highest BCUT2D eigenvalue weighted by Crippen LogP contribution is 2.23. The maximum atomic E-state index is 10.1. The number of benzene rings is 2. The van der Waals surface area contributed by atoms with Crippen molar-refractivity contribution in [1.29, 1.82) is 0 Å². The number of ether oxygens (including phenoxy) is 1. The van der Waals surface area contributed by atoms with Crippen LogP contribution in [-0.2, 0) is 6.54 Å². The van der Waals surface area contributed by atoms with Crippen molar-refractivity contribution in [2.24, 2.45) is 0 Å². The molecule has 5 heteroatoms. The molecule has 0 radical (unpaired) electrons. The molecule has 0 fully saturated rings. The standard InChI is InChI=1S/C16H18BrNO2.ClH/c1-20-16-8-7-14(17)9-13(16)10-18-11-15(19)12-5-3-2-4-6-12;/h2-9,15,18-19H,10-11H2,1H3;1H. The third-order valence-electron chi connectivity index (χ3n) is 3.08. The molecule has 0 saturated heterocycles. The summed E-state index contributed by atoms with van der Waals surface area (Å²) in [5, 5.41) is 13.3. The summed E-state index contributed by atoms with van der Waals surface area (Å²) in [5.74, 6) is 0.843. The predicted molar refractivity (Wildman–Crippen MR) is 91.1 cm³/mol. The van der Waals surface area contributed by atoms with Gasteiger partial charge in [-0.1, -0.05) is 46.3 Å². The zero-order valence-corrected chi connectivity index (χ0v) is 14.2. The third kappa shape index (κ3) is 5.32. The van der Waals surface area contributed by atoms with Crippen molar-refractivity contribution in [3.05, 3.63) is 64.1 Å². The fourth-order valence-electron chi connectivity index (χ4n) is 2.02. The summed E-state index contributed by atoms with van der Waals surface area (Å²) in [6.07, 6.45) is -0.505. The van der Waals surface area contributed by atoms with E-state index in [1.807, 2.05) is 48.5 Å². The van der Waals surface area contributed by atoms with Crippen LogP contribution in [0.3, 0.4) is 0 Å². The van der Waals surface area contributed by atoms with Crippen LogP contribution in [0.4, 0.5) is 0 Å². The second kappa shape index (κ2) is 9.05. The Morgan fingerprint density at radius 2 is 1.90 bits per heavy atom. The number of hydrogen-bond acceptors (Lipinski definition) is 3. The van der Waals surface area contributed by atoms with E-state index in [1.165, 1.54) is 0 Å². The fourth-order valence-corrected chi connectivity index (χ4v) is 2.43. The van der Waals surface area contributed by atoms with Crippen LogP contribution < -0.4 is 10.1 Å². The zero-order valence-electron chi connectivity index (χ0n) is 11.8. The molecule has 2 N–H and O–H groups in total. The number of nitrogens with one attached hydrogen (secondary N) is 1. The predicted octanol–water partition coefficient (Wildman–Crippen LogP) is 3.70. The van der Waals surface area contributed by atoms with E-state index in [2.05, 4.69) is 21.2 Å². The number of hydrogen-bond donors (Lipinski definition) is 2. The quantitative estimate of drug-likeness (QED) is 0.812. The molecule has 0 bridgehead atoms. The van der Waals surface area contributed by atoms with Crippen molar-refractivity contribution in [2.45, 2.75) is 12.6 Å². The summed E-state index contributed by atoms with van der Waals surface area (Å²) in [4.78, 5) is 0. The summed E-state index contributed by atoms with van der Waals surface area (Å²) in [7, 11) is 1.66. The Labute approximate surface area is 139 Å². The van der Waals surface area contributed by atoms with E-state index in [4.69, 9.17) is 4.74 Å². The molecule has 0 spiro atoms. The van der Waals surface area contributed by atoms with E-state index in [1.54, 1.807) is 7.11 Å². The van der Waals surface area contributed by atoms with Gasteiger partial charge < -0.3 is 15.2 Å². The molecule has 0 aliphatic rings. The Bertz CT molecular complexity index is 551. The van der Waals surface area contributed by atoms with Crippen molar-refractivity contribution >= 4 is 28.3 Å². The SMILES string of the molecule is COc1ccc(Br)cc1CNCC(O)c1ccccc1.Cl. The molecule has 0 heterocycles. The van der Waals surface area contributed by atoms with Gasteiger partial charge in [-0.2, -0.15) is 0 Å². The van der Waals surface area contributed by atoms with Gasteiger partial charge in [0.25, 0.3) is 0 Å². The van der Waals surface area contributed by atoms with Crippen LogP contribution >= 0.6 is 28.3 Å². The molecule has 3 nitrogen and oxygen atoms in total. The summed E-state index contributed by atoms with van der Waals surface area (Å²) >= 11 is 3.45. The lowest BCUT2D eigenvalue weighted by Gasteiger charge is -2.14. The molecule has 0 aromatic heterocycles. The Kier molecular flexibility index (Phi) is 7.75. The molecule has 2 aromatic carbocycles.